The van der Waals surface area contributed by atoms with Crippen LogP contribution in [0.3, 0.4) is 0 Å². The van der Waals surface area contributed by atoms with E-state index in [1.165, 1.54) is 4.90 Å². The summed E-state index contributed by atoms with van der Waals surface area (Å²) in [4.78, 5) is 24.6. The van der Waals surface area contributed by atoms with Crippen LogP contribution in [0.15, 0.2) is 0 Å². The molecule has 98 valence electrons. The molecule has 0 aromatic carbocycles. The monoisotopic (exact) mass is 246 g/mol. The molecule has 1 fully saturated rings. The number of aliphatic hydroxyl groups excluding tert-OH is 1. The number of carbonyl (C=O) groups excluding carboxylic acids is 2. The average Bonchev–Trinajstić information content (AvgIpc) is 2.37. The van der Waals surface area contributed by atoms with Gasteiger partial charge in [0.25, 0.3) is 5.91 Å². The Morgan fingerprint density at radius 2 is 2.35 bits per heavy atom. The molecule has 1 aliphatic rings. The van der Waals surface area contributed by atoms with Gasteiger partial charge in [0.05, 0.1) is 32.5 Å². The van der Waals surface area contributed by atoms with Crippen molar-refractivity contribution in [3.63, 3.8) is 0 Å². The van der Waals surface area contributed by atoms with Crippen molar-refractivity contribution in [3.8, 4) is 0 Å². The molecule has 0 saturated carbocycles. The Hall–Kier alpha value is -1.18. The number of nitrogens with zero attached hydrogens (tertiary/aromatic N) is 1. The molecule has 0 aromatic rings. The predicted octanol–water partition coefficient (Wildman–Crippen LogP) is -1.90. The molecule has 1 aliphatic heterocycles. The Bertz CT molecular complexity index is 284. The van der Waals surface area contributed by atoms with Crippen LogP contribution in [0.2, 0.25) is 0 Å². The second kappa shape index (κ2) is 6.53. The van der Waals surface area contributed by atoms with Gasteiger partial charge in [0.1, 0.15) is 0 Å². The molecule has 0 bridgehead atoms. The summed E-state index contributed by atoms with van der Waals surface area (Å²) in [5, 5.41) is 9.10. The zero-order valence-electron chi connectivity index (χ0n) is 9.80. The van der Waals surface area contributed by atoms with Gasteiger partial charge in [-0.2, -0.15) is 0 Å². The summed E-state index contributed by atoms with van der Waals surface area (Å²) in [6.45, 7) is 2.53. The minimum atomic E-state index is -1.33. The van der Waals surface area contributed by atoms with Crippen molar-refractivity contribution in [2.24, 2.45) is 5.73 Å². The molecule has 0 aromatic heterocycles. The number of nitrogens with two attached hydrogens (primary N) is 1. The number of rotatable bonds is 4. The smallest absolute Gasteiger partial charge is 0.332 e. The van der Waals surface area contributed by atoms with Crippen molar-refractivity contribution >= 4 is 11.9 Å². The van der Waals surface area contributed by atoms with Gasteiger partial charge < -0.3 is 25.2 Å². The van der Waals surface area contributed by atoms with E-state index in [1.807, 2.05) is 0 Å². The normalized spacial score (nSPS) is 22.1. The molecule has 0 radical (unpaired) electrons. The van der Waals surface area contributed by atoms with E-state index in [-0.39, 0.29) is 19.8 Å². The lowest BCUT2D eigenvalue weighted by Crippen LogP contribution is -2.57. The van der Waals surface area contributed by atoms with Gasteiger partial charge in [-0.15, -0.1) is 0 Å². The molecule has 1 amide bonds. The van der Waals surface area contributed by atoms with E-state index in [0.29, 0.717) is 13.2 Å². The number of hydrogen-bond acceptors (Lipinski definition) is 6. The molecule has 1 heterocycles. The van der Waals surface area contributed by atoms with Gasteiger partial charge in [-0.25, -0.2) is 4.79 Å². The summed E-state index contributed by atoms with van der Waals surface area (Å²) < 4.78 is 9.81. The lowest BCUT2D eigenvalue weighted by atomic mass is 10.2. The van der Waals surface area contributed by atoms with E-state index in [1.54, 1.807) is 6.92 Å². The lowest BCUT2D eigenvalue weighted by molar-refractivity contribution is -0.155. The summed E-state index contributed by atoms with van der Waals surface area (Å²) in [5.74, 6) is -1.29. The van der Waals surface area contributed by atoms with E-state index < -0.39 is 24.0 Å². The van der Waals surface area contributed by atoms with Gasteiger partial charge in [0.15, 0.2) is 6.04 Å². The first-order chi connectivity index (χ1) is 8.11. The highest BCUT2D eigenvalue weighted by atomic mass is 16.5. The Labute approximate surface area is 99.5 Å². The first kappa shape index (κ1) is 13.9. The molecule has 17 heavy (non-hydrogen) atoms. The lowest BCUT2D eigenvalue weighted by Gasteiger charge is -2.35. The highest BCUT2D eigenvalue weighted by Gasteiger charge is 2.33. The van der Waals surface area contributed by atoms with Gasteiger partial charge in [-0.1, -0.05) is 0 Å². The fourth-order valence-corrected chi connectivity index (χ4v) is 1.61. The van der Waals surface area contributed by atoms with Gasteiger partial charge in [0, 0.05) is 6.54 Å². The molecule has 2 unspecified atom stereocenters. The molecule has 7 nitrogen and oxygen atoms in total. The van der Waals surface area contributed by atoms with Gasteiger partial charge >= 0.3 is 5.97 Å². The number of carbonyl (C=O) groups is 2. The molecule has 0 spiro atoms. The van der Waals surface area contributed by atoms with Crippen LogP contribution in [0.5, 0.6) is 0 Å². The SMILES string of the molecule is CCOC(=O)C(N)C(=O)N1CCOCC1CO. The molecule has 1 rings (SSSR count). The van der Waals surface area contributed by atoms with Crippen LogP contribution in [0, 0.1) is 0 Å². The minimum absolute atomic E-state index is 0.173. The van der Waals surface area contributed by atoms with Gasteiger partial charge in [-0.3, -0.25) is 4.79 Å². The first-order valence-corrected chi connectivity index (χ1v) is 5.53. The zero-order chi connectivity index (χ0) is 12.8. The van der Waals surface area contributed by atoms with Crippen molar-refractivity contribution in [1.82, 2.24) is 4.90 Å². The van der Waals surface area contributed by atoms with Crippen LogP contribution in [-0.4, -0.2) is 66.9 Å². The van der Waals surface area contributed by atoms with Crippen LogP contribution in [-0.2, 0) is 19.1 Å². The average molecular weight is 246 g/mol. The minimum Gasteiger partial charge on any atom is -0.464 e. The first-order valence-electron chi connectivity index (χ1n) is 5.53. The maximum atomic E-state index is 11.9. The number of ether oxygens (including phenoxy) is 2. The molecule has 3 N–H and O–H groups in total. The number of morpholine rings is 1. The fraction of sp³-hybridized carbons (Fsp3) is 0.800. The third-order valence-corrected chi connectivity index (χ3v) is 2.53. The van der Waals surface area contributed by atoms with Gasteiger partial charge in [-0.05, 0) is 6.92 Å². The third kappa shape index (κ3) is 3.39. The summed E-state index contributed by atoms with van der Waals surface area (Å²) in [5.41, 5.74) is 5.51. The molecular weight excluding hydrogens is 228 g/mol. The van der Waals surface area contributed by atoms with Crippen molar-refractivity contribution in [3.05, 3.63) is 0 Å². The van der Waals surface area contributed by atoms with Crippen molar-refractivity contribution in [1.29, 1.82) is 0 Å². The molecular formula is C10H18N2O5. The largest absolute Gasteiger partial charge is 0.464 e. The van der Waals surface area contributed by atoms with Crippen LogP contribution >= 0.6 is 0 Å². The highest BCUT2D eigenvalue weighted by Crippen LogP contribution is 2.08. The Kier molecular flexibility index (Phi) is 5.33. The quantitative estimate of drug-likeness (QED) is 0.443. The van der Waals surface area contributed by atoms with E-state index in [0.717, 1.165) is 0 Å². The van der Waals surface area contributed by atoms with Crippen molar-refractivity contribution in [2.75, 3.05) is 33.0 Å². The summed E-state index contributed by atoms with van der Waals surface area (Å²) in [7, 11) is 0. The molecule has 0 aliphatic carbocycles. The standard InChI is InChI=1S/C10H18N2O5/c1-2-17-10(15)8(11)9(14)12-3-4-16-6-7(12)5-13/h7-8,13H,2-6,11H2,1H3. The van der Waals surface area contributed by atoms with Crippen molar-refractivity contribution < 1.29 is 24.2 Å². The van der Waals surface area contributed by atoms with Crippen LogP contribution < -0.4 is 5.73 Å². The number of esters is 1. The summed E-state index contributed by atoms with van der Waals surface area (Å²) in [6.07, 6.45) is 0. The second-order valence-corrected chi connectivity index (χ2v) is 3.67. The topological polar surface area (TPSA) is 102 Å². The molecule has 1 saturated heterocycles. The molecule has 2 atom stereocenters. The fourth-order valence-electron chi connectivity index (χ4n) is 1.61. The number of hydrogen-bond donors (Lipinski definition) is 2. The maximum Gasteiger partial charge on any atom is 0.332 e. The van der Waals surface area contributed by atoms with Crippen molar-refractivity contribution in [2.45, 2.75) is 19.0 Å². The van der Waals surface area contributed by atoms with E-state index in [9.17, 15) is 9.59 Å². The maximum absolute atomic E-state index is 11.9. The predicted molar refractivity (Wildman–Crippen MR) is 58.0 cm³/mol. The summed E-state index contributed by atoms with van der Waals surface area (Å²) in [6, 6.07) is -1.78. The Balaban J connectivity index is 2.63. The van der Waals surface area contributed by atoms with Gasteiger partial charge in [0.2, 0.25) is 0 Å². The summed E-state index contributed by atoms with van der Waals surface area (Å²) >= 11 is 0. The van der Waals surface area contributed by atoms with E-state index in [2.05, 4.69) is 4.74 Å². The highest BCUT2D eigenvalue weighted by molar-refractivity contribution is 6.01. The van der Waals surface area contributed by atoms with E-state index >= 15 is 0 Å². The number of amides is 1. The van der Waals surface area contributed by atoms with Crippen LogP contribution in [0.1, 0.15) is 6.92 Å². The number of aliphatic hydroxyl groups is 1. The second-order valence-electron chi connectivity index (χ2n) is 3.67. The van der Waals surface area contributed by atoms with Crippen LogP contribution in [0.25, 0.3) is 0 Å². The third-order valence-electron chi connectivity index (χ3n) is 2.53. The zero-order valence-corrected chi connectivity index (χ0v) is 9.80. The van der Waals surface area contributed by atoms with Crippen LogP contribution in [0.4, 0.5) is 0 Å². The Morgan fingerprint density at radius 1 is 1.65 bits per heavy atom. The van der Waals surface area contributed by atoms with E-state index in [4.69, 9.17) is 15.6 Å². The Morgan fingerprint density at radius 3 is 2.94 bits per heavy atom. The molecule has 7 heteroatoms.